The van der Waals surface area contributed by atoms with Crippen LogP contribution in [-0.4, -0.2) is 29.3 Å². The first-order valence-corrected chi connectivity index (χ1v) is 9.21. The van der Waals surface area contributed by atoms with Crippen molar-refractivity contribution in [3.63, 3.8) is 0 Å². The van der Waals surface area contributed by atoms with Crippen molar-refractivity contribution < 1.29 is 9.59 Å². The highest BCUT2D eigenvalue weighted by atomic mass is 16.2. The van der Waals surface area contributed by atoms with Crippen LogP contribution in [0.1, 0.15) is 37.0 Å². The van der Waals surface area contributed by atoms with E-state index < -0.39 is 6.04 Å². The molecule has 2 aromatic carbocycles. The Morgan fingerprint density at radius 2 is 1.62 bits per heavy atom. The van der Waals surface area contributed by atoms with Crippen LogP contribution in [-0.2, 0) is 22.6 Å². The van der Waals surface area contributed by atoms with Gasteiger partial charge in [0.1, 0.15) is 6.04 Å². The standard InChI is InChI=1S/C22H28N2O2/c1-4-21(25)24(16-19-13-11-17(3)12-14-19)20(22(26)23-5-2)15-18-9-7-6-8-10-18/h6-14,20H,4-5,15-16H2,1-3H3,(H,23,26)/t20-/m0/s1. The van der Waals surface area contributed by atoms with Crippen molar-refractivity contribution in [1.29, 1.82) is 0 Å². The highest BCUT2D eigenvalue weighted by Crippen LogP contribution is 2.16. The molecule has 0 heterocycles. The Morgan fingerprint density at radius 3 is 2.19 bits per heavy atom. The van der Waals surface area contributed by atoms with Gasteiger partial charge in [-0.2, -0.15) is 0 Å². The monoisotopic (exact) mass is 352 g/mol. The van der Waals surface area contributed by atoms with Crippen LogP contribution in [0.5, 0.6) is 0 Å². The summed E-state index contributed by atoms with van der Waals surface area (Å²) < 4.78 is 0. The van der Waals surface area contributed by atoms with Crippen molar-refractivity contribution in [1.82, 2.24) is 10.2 Å². The van der Waals surface area contributed by atoms with Gasteiger partial charge < -0.3 is 10.2 Å². The summed E-state index contributed by atoms with van der Waals surface area (Å²) in [6.45, 7) is 6.74. The molecule has 1 N–H and O–H groups in total. The van der Waals surface area contributed by atoms with Crippen LogP contribution in [0, 0.1) is 6.92 Å². The fourth-order valence-corrected chi connectivity index (χ4v) is 2.94. The lowest BCUT2D eigenvalue weighted by molar-refractivity contribution is -0.141. The lowest BCUT2D eigenvalue weighted by atomic mass is 10.0. The Kier molecular flexibility index (Phi) is 7.39. The summed E-state index contributed by atoms with van der Waals surface area (Å²) in [6, 6.07) is 17.4. The quantitative estimate of drug-likeness (QED) is 0.791. The minimum Gasteiger partial charge on any atom is -0.355 e. The number of rotatable bonds is 8. The van der Waals surface area contributed by atoms with E-state index in [9.17, 15) is 9.59 Å². The zero-order chi connectivity index (χ0) is 18.9. The molecular formula is C22H28N2O2. The van der Waals surface area contributed by atoms with Crippen molar-refractivity contribution in [2.24, 2.45) is 0 Å². The van der Waals surface area contributed by atoms with Gasteiger partial charge in [0, 0.05) is 25.9 Å². The third-order valence-corrected chi connectivity index (χ3v) is 4.40. The molecule has 0 saturated heterocycles. The topological polar surface area (TPSA) is 49.4 Å². The minimum absolute atomic E-state index is 0.0160. The smallest absolute Gasteiger partial charge is 0.243 e. The molecule has 26 heavy (non-hydrogen) atoms. The molecule has 0 aliphatic heterocycles. The second-order valence-electron chi connectivity index (χ2n) is 6.46. The maximum atomic E-state index is 12.7. The van der Waals surface area contributed by atoms with Crippen molar-refractivity contribution >= 4 is 11.8 Å². The van der Waals surface area contributed by atoms with Gasteiger partial charge in [-0.1, -0.05) is 67.1 Å². The van der Waals surface area contributed by atoms with Crippen molar-refractivity contribution in [3.8, 4) is 0 Å². The zero-order valence-corrected chi connectivity index (χ0v) is 15.9. The third kappa shape index (κ3) is 5.45. The van der Waals surface area contributed by atoms with Gasteiger partial charge >= 0.3 is 0 Å². The first-order chi connectivity index (χ1) is 12.5. The molecule has 0 fully saturated rings. The van der Waals surface area contributed by atoms with E-state index >= 15 is 0 Å². The van der Waals surface area contributed by atoms with Gasteiger partial charge in [0.05, 0.1) is 0 Å². The summed E-state index contributed by atoms with van der Waals surface area (Å²) in [4.78, 5) is 27.1. The lowest BCUT2D eigenvalue weighted by Crippen LogP contribution is -2.50. The number of nitrogens with zero attached hydrogens (tertiary/aromatic N) is 1. The zero-order valence-electron chi connectivity index (χ0n) is 15.9. The number of benzene rings is 2. The van der Waals surface area contributed by atoms with E-state index in [4.69, 9.17) is 0 Å². The summed E-state index contributed by atoms with van der Waals surface area (Å²) in [7, 11) is 0. The van der Waals surface area contributed by atoms with Gasteiger partial charge in [-0.05, 0) is 25.0 Å². The second-order valence-corrected chi connectivity index (χ2v) is 6.46. The molecular weight excluding hydrogens is 324 g/mol. The molecule has 0 spiro atoms. The SMILES string of the molecule is CCNC(=O)[C@H](Cc1ccccc1)N(Cc1ccc(C)cc1)C(=O)CC. The van der Waals surface area contributed by atoms with Crippen LogP contribution < -0.4 is 5.32 Å². The fraction of sp³-hybridized carbons (Fsp3) is 0.364. The maximum absolute atomic E-state index is 12.7. The molecule has 0 unspecified atom stereocenters. The van der Waals surface area contributed by atoms with Crippen LogP contribution in [0.2, 0.25) is 0 Å². The molecule has 4 nitrogen and oxygen atoms in total. The largest absolute Gasteiger partial charge is 0.355 e. The number of hydrogen-bond donors (Lipinski definition) is 1. The predicted molar refractivity (Wildman–Crippen MR) is 105 cm³/mol. The first-order valence-electron chi connectivity index (χ1n) is 9.21. The average molecular weight is 352 g/mol. The van der Waals surface area contributed by atoms with Crippen LogP contribution >= 0.6 is 0 Å². The highest BCUT2D eigenvalue weighted by molar-refractivity contribution is 5.87. The first kappa shape index (κ1) is 19.7. The number of likely N-dealkylation sites (N-methyl/N-ethyl adjacent to an activating group) is 1. The molecule has 1 atom stereocenters. The van der Waals surface area contributed by atoms with E-state index in [2.05, 4.69) is 5.32 Å². The summed E-state index contributed by atoms with van der Waals surface area (Å²) in [6.07, 6.45) is 0.876. The molecule has 2 aromatic rings. The number of carbonyl (C=O) groups is 2. The van der Waals surface area contributed by atoms with Gasteiger partial charge in [0.2, 0.25) is 11.8 Å². The van der Waals surface area contributed by atoms with Crippen LogP contribution in [0.15, 0.2) is 54.6 Å². The number of amides is 2. The summed E-state index contributed by atoms with van der Waals surface area (Å²) in [5, 5.41) is 2.89. The van der Waals surface area contributed by atoms with Crippen LogP contribution in [0.3, 0.4) is 0 Å². The third-order valence-electron chi connectivity index (χ3n) is 4.40. The van der Waals surface area contributed by atoms with E-state index in [-0.39, 0.29) is 11.8 Å². The summed E-state index contributed by atoms with van der Waals surface area (Å²) >= 11 is 0. The van der Waals surface area contributed by atoms with E-state index in [1.807, 2.05) is 75.4 Å². The van der Waals surface area contributed by atoms with Crippen LogP contribution in [0.4, 0.5) is 0 Å². The number of carbonyl (C=O) groups excluding carboxylic acids is 2. The van der Waals surface area contributed by atoms with Crippen molar-refractivity contribution in [3.05, 3.63) is 71.3 Å². The van der Waals surface area contributed by atoms with Gasteiger partial charge in [0.15, 0.2) is 0 Å². The minimum atomic E-state index is -0.522. The number of hydrogen-bond acceptors (Lipinski definition) is 2. The molecule has 0 radical (unpaired) electrons. The molecule has 2 rings (SSSR count). The lowest BCUT2D eigenvalue weighted by Gasteiger charge is -2.31. The molecule has 0 saturated carbocycles. The maximum Gasteiger partial charge on any atom is 0.243 e. The fourth-order valence-electron chi connectivity index (χ4n) is 2.94. The molecule has 0 aromatic heterocycles. The molecule has 0 aliphatic carbocycles. The Morgan fingerprint density at radius 1 is 0.962 bits per heavy atom. The molecule has 0 bridgehead atoms. The Balaban J connectivity index is 2.31. The molecule has 2 amide bonds. The van der Waals surface area contributed by atoms with E-state index in [1.54, 1.807) is 4.90 Å². The number of nitrogens with one attached hydrogen (secondary N) is 1. The molecule has 138 valence electrons. The molecule has 0 aliphatic rings. The van der Waals surface area contributed by atoms with Gasteiger partial charge in [-0.3, -0.25) is 9.59 Å². The summed E-state index contributed by atoms with van der Waals surface area (Å²) in [5.41, 5.74) is 3.24. The second kappa shape index (κ2) is 9.76. The van der Waals surface area contributed by atoms with E-state index in [0.717, 1.165) is 11.1 Å². The van der Waals surface area contributed by atoms with Gasteiger partial charge in [-0.15, -0.1) is 0 Å². The summed E-state index contributed by atoms with van der Waals surface area (Å²) in [5.74, 6) is -0.122. The Labute approximate surface area is 156 Å². The Hall–Kier alpha value is -2.62. The average Bonchev–Trinajstić information content (AvgIpc) is 2.66. The van der Waals surface area contributed by atoms with Gasteiger partial charge in [0.25, 0.3) is 0 Å². The Bertz CT molecular complexity index is 711. The van der Waals surface area contributed by atoms with Crippen molar-refractivity contribution in [2.75, 3.05) is 6.54 Å². The van der Waals surface area contributed by atoms with E-state index in [1.165, 1.54) is 5.56 Å². The molecule has 4 heteroatoms. The normalized spacial score (nSPS) is 11.7. The number of aryl methyl sites for hydroxylation is 1. The highest BCUT2D eigenvalue weighted by Gasteiger charge is 2.29. The van der Waals surface area contributed by atoms with E-state index in [0.29, 0.717) is 25.9 Å². The van der Waals surface area contributed by atoms with Crippen molar-refractivity contribution in [2.45, 2.75) is 46.2 Å². The van der Waals surface area contributed by atoms with Gasteiger partial charge in [-0.25, -0.2) is 0 Å². The predicted octanol–water partition coefficient (Wildman–Crippen LogP) is 3.48. The van der Waals surface area contributed by atoms with Crippen LogP contribution in [0.25, 0.3) is 0 Å².